The fourth-order valence-corrected chi connectivity index (χ4v) is 8.07. The molecule has 0 spiro atoms. The normalized spacial score (nSPS) is 11.4. The second kappa shape index (κ2) is 14.5. The van der Waals surface area contributed by atoms with Gasteiger partial charge in [0.05, 0.1) is 34.9 Å². The summed E-state index contributed by atoms with van der Waals surface area (Å²) in [5, 5.41) is 40.7. The summed E-state index contributed by atoms with van der Waals surface area (Å²) < 4.78 is 7.60. The maximum absolute atomic E-state index is 5.80. The standard InChI is InChI=1S/C42H35N15OS/c1-56(2)38-27(16-26(25-13-15-59-20-25)18-31(38)49-39-33-36(29-12-14-47-50-29)51-53-41(33)45-21-43-39)28-19-57(3)55-35(28)37-34-40(44-22-46-42(34)54-52-37)48-30-17-24(10-11-32(30)58-4)23-8-6-5-7-9-23/h5-22H,1-4H3,(H,47,50)(H2,43,45,49,51,53)(H2,44,46,48,52,54). The van der Waals surface area contributed by atoms with Crippen LogP contribution in [0.15, 0.2) is 109 Å². The Hall–Kier alpha value is -7.92. The number of H-pyrrole nitrogens is 3. The molecule has 7 heterocycles. The van der Waals surface area contributed by atoms with Crippen LogP contribution in [0, 0.1) is 0 Å². The van der Waals surface area contributed by atoms with Gasteiger partial charge in [0, 0.05) is 44.7 Å². The van der Waals surface area contributed by atoms with Gasteiger partial charge in [-0.05, 0) is 69.4 Å². The molecule has 0 amide bonds. The van der Waals surface area contributed by atoms with Gasteiger partial charge in [-0.25, -0.2) is 19.9 Å². The number of hydrogen-bond donors (Lipinski definition) is 5. The van der Waals surface area contributed by atoms with Crippen LogP contribution in [0.25, 0.3) is 78.2 Å². The van der Waals surface area contributed by atoms with Crippen molar-refractivity contribution >= 4 is 62.1 Å². The van der Waals surface area contributed by atoms with Gasteiger partial charge in [0.1, 0.15) is 52.8 Å². The highest BCUT2D eigenvalue weighted by Gasteiger charge is 2.26. The van der Waals surface area contributed by atoms with Crippen LogP contribution in [0.1, 0.15) is 0 Å². The van der Waals surface area contributed by atoms with Gasteiger partial charge in [-0.1, -0.05) is 36.4 Å². The smallest absolute Gasteiger partial charge is 0.161 e. The molecule has 0 atom stereocenters. The molecule has 0 radical (unpaired) electrons. The minimum absolute atomic E-state index is 0.543. The molecule has 7 aromatic heterocycles. The van der Waals surface area contributed by atoms with Gasteiger partial charge < -0.3 is 20.3 Å². The number of benzene rings is 3. The number of nitrogens with zero attached hydrogens (tertiary/aromatic N) is 10. The molecule has 0 fully saturated rings. The van der Waals surface area contributed by atoms with E-state index in [1.165, 1.54) is 12.7 Å². The lowest BCUT2D eigenvalue weighted by molar-refractivity contribution is 0.417. The first-order valence-electron chi connectivity index (χ1n) is 18.5. The first kappa shape index (κ1) is 35.5. The summed E-state index contributed by atoms with van der Waals surface area (Å²) >= 11 is 1.64. The van der Waals surface area contributed by atoms with Crippen LogP contribution in [0.2, 0.25) is 0 Å². The Morgan fingerprint density at radius 3 is 2.12 bits per heavy atom. The Bertz CT molecular complexity index is 3090. The molecule has 290 valence electrons. The lowest BCUT2D eigenvalue weighted by Crippen LogP contribution is -2.13. The number of rotatable bonds is 11. The molecule has 0 aliphatic carbocycles. The van der Waals surface area contributed by atoms with Crippen molar-refractivity contribution in [2.75, 3.05) is 36.7 Å². The van der Waals surface area contributed by atoms with E-state index in [0.717, 1.165) is 50.4 Å². The maximum Gasteiger partial charge on any atom is 0.161 e. The van der Waals surface area contributed by atoms with Crippen molar-refractivity contribution in [3.63, 3.8) is 0 Å². The van der Waals surface area contributed by atoms with Crippen LogP contribution in [0.4, 0.5) is 28.7 Å². The molecule has 0 saturated heterocycles. The van der Waals surface area contributed by atoms with Crippen LogP contribution in [-0.2, 0) is 7.05 Å². The van der Waals surface area contributed by atoms with E-state index in [1.54, 1.807) is 29.3 Å². The third-order valence-corrected chi connectivity index (χ3v) is 10.7. The van der Waals surface area contributed by atoms with E-state index in [9.17, 15) is 0 Å². The van der Waals surface area contributed by atoms with Crippen molar-refractivity contribution in [3.05, 3.63) is 109 Å². The third kappa shape index (κ3) is 6.34. The Kier molecular flexibility index (Phi) is 8.75. The molecule has 16 nitrogen and oxygen atoms in total. The fourth-order valence-electron chi connectivity index (χ4n) is 7.40. The largest absolute Gasteiger partial charge is 0.495 e. The quantitative estimate of drug-likeness (QED) is 0.0841. The van der Waals surface area contributed by atoms with Gasteiger partial charge in [-0.3, -0.25) is 20.0 Å². The molecule has 0 saturated carbocycles. The van der Waals surface area contributed by atoms with Crippen LogP contribution in [-0.4, -0.2) is 81.5 Å². The molecule has 5 N–H and O–H groups in total. The summed E-state index contributed by atoms with van der Waals surface area (Å²) in [6.45, 7) is 0. The van der Waals surface area contributed by atoms with Crippen molar-refractivity contribution in [3.8, 4) is 61.9 Å². The Labute approximate surface area is 340 Å². The Morgan fingerprint density at radius 2 is 1.42 bits per heavy atom. The highest BCUT2D eigenvalue weighted by Crippen LogP contribution is 2.46. The number of fused-ring (bicyclic) bond motifs is 2. The van der Waals surface area contributed by atoms with Crippen molar-refractivity contribution in [1.82, 2.24) is 60.3 Å². The highest BCUT2D eigenvalue weighted by molar-refractivity contribution is 7.08. The molecule has 10 rings (SSSR count). The fraction of sp³-hybridized carbons (Fsp3) is 0.0952. The second-order valence-electron chi connectivity index (χ2n) is 13.9. The number of aromatic amines is 3. The third-order valence-electron chi connectivity index (χ3n) is 10.0. The number of aromatic nitrogens is 12. The number of methoxy groups -OCH3 is 1. The van der Waals surface area contributed by atoms with E-state index in [4.69, 9.17) is 24.9 Å². The van der Waals surface area contributed by atoms with E-state index < -0.39 is 0 Å². The summed E-state index contributed by atoms with van der Waals surface area (Å²) in [6.07, 6.45) is 6.79. The van der Waals surface area contributed by atoms with E-state index in [1.807, 2.05) is 63.7 Å². The van der Waals surface area contributed by atoms with Crippen molar-refractivity contribution < 1.29 is 4.74 Å². The van der Waals surface area contributed by atoms with E-state index in [2.05, 4.69) is 98.2 Å². The first-order valence-corrected chi connectivity index (χ1v) is 19.5. The van der Waals surface area contributed by atoms with Gasteiger partial charge in [0.2, 0.25) is 0 Å². The zero-order valence-corrected chi connectivity index (χ0v) is 33.0. The van der Waals surface area contributed by atoms with Crippen LogP contribution in [0.3, 0.4) is 0 Å². The summed E-state index contributed by atoms with van der Waals surface area (Å²) in [4.78, 5) is 20.6. The predicted octanol–water partition coefficient (Wildman–Crippen LogP) is 8.43. The zero-order chi connectivity index (χ0) is 40.0. The van der Waals surface area contributed by atoms with Crippen LogP contribution >= 0.6 is 11.3 Å². The van der Waals surface area contributed by atoms with Gasteiger partial charge >= 0.3 is 0 Å². The summed E-state index contributed by atoms with van der Waals surface area (Å²) in [6, 6.07) is 24.5. The lowest BCUT2D eigenvalue weighted by atomic mass is 9.95. The van der Waals surface area contributed by atoms with E-state index in [-0.39, 0.29) is 0 Å². The van der Waals surface area contributed by atoms with Crippen molar-refractivity contribution in [1.29, 1.82) is 0 Å². The minimum atomic E-state index is 0.543. The van der Waals surface area contributed by atoms with E-state index in [0.29, 0.717) is 62.2 Å². The number of hydrogen-bond acceptors (Lipinski definition) is 13. The molecule has 0 unspecified atom stereocenters. The summed E-state index contributed by atoms with van der Waals surface area (Å²) in [5.41, 5.74) is 12.0. The number of aryl methyl sites for hydroxylation is 1. The number of nitrogens with one attached hydrogen (secondary N) is 5. The van der Waals surface area contributed by atoms with Crippen molar-refractivity contribution in [2.24, 2.45) is 7.05 Å². The molecule has 0 aliphatic rings. The molecular weight excluding hydrogens is 763 g/mol. The maximum atomic E-state index is 5.80. The number of anilines is 5. The summed E-state index contributed by atoms with van der Waals surface area (Å²) in [5.74, 6) is 1.78. The average Bonchev–Trinajstić information content (AvgIpc) is 4.11. The zero-order valence-electron chi connectivity index (χ0n) is 32.2. The van der Waals surface area contributed by atoms with E-state index >= 15 is 0 Å². The molecule has 0 aliphatic heterocycles. The topological polar surface area (TPSA) is 192 Å². The molecule has 0 bridgehead atoms. The number of ether oxygens (including phenoxy) is 1. The lowest BCUT2D eigenvalue weighted by Gasteiger charge is -2.24. The molecule has 59 heavy (non-hydrogen) atoms. The molecule has 3 aromatic carbocycles. The van der Waals surface area contributed by atoms with Crippen LogP contribution in [0.5, 0.6) is 5.75 Å². The highest BCUT2D eigenvalue weighted by atomic mass is 32.1. The predicted molar refractivity (Wildman–Crippen MR) is 231 cm³/mol. The second-order valence-corrected chi connectivity index (χ2v) is 14.7. The molecular formula is C42H35N15OS. The first-order chi connectivity index (χ1) is 28.9. The Morgan fingerprint density at radius 1 is 0.695 bits per heavy atom. The van der Waals surface area contributed by atoms with Gasteiger partial charge in [0.25, 0.3) is 0 Å². The van der Waals surface area contributed by atoms with Crippen LogP contribution < -0.4 is 20.3 Å². The van der Waals surface area contributed by atoms with Crippen molar-refractivity contribution in [2.45, 2.75) is 0 Å². The Balaban J connectivity index is 1.14. The molecule has 17 heteroatoms. The molecule has 10 aromatic rings. The average molecular weight is 798 g/mol. The summed E-state index contributed by atoms with van der Waals surface area (Å²) in [7, 11) is 7.59. The monoisotopic (exact) mass is 797 g/mol. The van der Waals surface area contributed by atoms with Gasteiger partial charge in [0.15, 0.2) is 11.3 Å². The van der Waals surface area contributed by atoms with Gasteiger partial charge in [-0.15, -0.1) is 0 Å². The number of thiophene rings is 1. The minimum Gasteiger partial charge on any atom is -0.495 e. The SMILES string of the molecule is COc1ccc(-c2ccccc2)cc1Nc1ncnc2[nH]nc(-c3nn(C)cc3-c3cc(-c4ccsc4)cc(Nc4ncnc5[nH]nc(-c6cc[nH]n6)c45)c3N(C)C)c12. The van der Waals surface area contributed by atoms with Gasteiger partial charge in [-0.2, -0.15) is 31.7 Å².